The highest BCUT2D eigenvalue weighted by Gasteiger charge is 2.15. The molecule has 86 valence electrons. The Morgan fingerprint density at radius 3 is 3.00 bits per heavy atom. The van der Waals surface area contributed by atoms with Crippen LogP contribution in [-0.2, 0) is 6.54 Å². The van der Waals surface area contributed by atoms with E-state index in [1.165, 1.54) is 0 Å². The van der Waals surface area contributed by atoms with E-state index in [9.17, 15) is 5.11 Å². The average molecular weight is 236 g/mol. The SMILES string of the molecule is CCCn1cc(C(O)c2ccsc2C)cn1. The summed E-state index contributed by atoms with van der Waals surface area (Å²) >= 11 is 1.66. The predicted molar refractivity (Wildman–Crippen MR) is 65.6 cm³/mol. The van der Waals surface area contributed by atoms with Gasteiger partial charge < -0.3 is 5.11 Å². The molecule has 0 saturated heterocycles. The van der Waals surface area contributed by atoms with E-state index in [2.05, 4.69) is 12.0 Å². The van der Waals surface area contributed by atoms with Crippen molar-refractivity contribution in [3.63, 3.8) is 0 Å². The number of hydrogen-bond acceptors (Lipinski definition) is 3. The first-order valence-electron chi connectivity index (χ1n) is 5.46. The van der Waals surface area contributed by atoms with E-state index in [1.807, 2.05) is 29.2 Å². The van der Waals surface area contributed by atoms with E-state index in [4.69, 9.17) is 0 Å². The van der Waals surface area contributed by atoms with Crippen molar-refractivity contribution in [3.8, 4) is 0 Å². The van der Waals surface area contributed by atoms with E-state index in [-0.39, 0.29) is 0 Å². The summed E-state index contributed by atoms with van der Waals surface area (Å²) < 4.78 is 1.88. The average Bonchev–Trinajstić information content (AvgIpc) is 2.87. The molecule has 2 aromatic rings. The quantitative estimate of drug-likeness (QED) is 0.886. The lowest BCUT2D eigenvalue weighted by molar-refractivity contribution is 0.220. The molecule has 0 fully saturated rings. The van der Waals surface area contributed by atoms with Gasteiger partial charge in [0, 0.05) is 23.2 Å². The number of aryl methyl sites for hydroxylation is 2. The number of hydrogen-bond donors (Lipinski definition) is 1. The zero-order chi connectivity index (χ0) is 11.5. The monoisotopic (exact) mass is 236 g/mol. The van der Waals surface area contributed by atoms with E-state index in [1.54, 1.807) is 17.5 Å². The number of thiophene rings is 1. The van der Waals surface area contributed by atoms with Crippen LogP contribution in [0.5, 0.6) is 0 Å². The Balaban J connectivity index is 2.20. The van der Waals surface area contributed by atoms with E-state index < -0.39 is 6.10 Å². The summed E-state index contributed by atoms with van der Waals surface area (Å²) in [5.41, 5.74) is 1.86. The van der Waals surface area contributed by atoms with Crippen molar-refractivity contribution >= 4 is 11.3 Å². The molecule has 0 aliphatic rings. The van der Waals surface area contributed by atoms with Gasteiger partial charge in [0.25, 0.3) is 0 Å². The molecular formula is C12H16N2OS. The Kier molecular flexibility index (Phi) is 3.41. The zero-order valence-corrected chi connectivity index (χ0v) is 10.4. The molecule has 0 amide bonds. The van der Waals surface area contributed by atoms with Crippen molar-refractivity contribution in [2.24, 2.45) is 0 Å². The molecule has 2 aromatic heterocycles. The fourth-order valence-corrected chi connectivity index (χ4v) is 2.46. The van der Waals surface area contributed by atoms with Crippen LogP contribution >= 0.6 is 11.3 Å². The van der Waals surface area contributed by atoms with Crippen LogP contribution < -0.4 is 0 Å². The molecule has 1 unspecified atom stereocenters. The second-order valence-corrected chi connectivity index (χ2v) is 4.99. The molecule has 3 nitrogen and oxygen atoms in total. The van der Waals surface area contributed by atoms with Gasteiger partial charge in [0.05, 0.1) is 6.20 Å². The number of aromatic nitrogens is 2. The smallest absolute Gasteiger partial charge is 0.108 e. The van der Waals surface area contributed by atoms with Gasteiger partial charge in [-0.05, 0) is 30.4 Å². The first kappa shape index (κ1) is 11.4. The van der Waals surface area contributed by atoms with Crippen LogP contribution in [0.1, 0.15) is 35.5 Å². The van der Waals surface area contributed by atoms with Crippen LogP contribution in [0.2, 0.25) is 0 Å². The molecule has 0 saturated carbocycles. The minimum atomic E-state index is -0.545. The molecule has 1 atom stereocenters. The topological polar surface area (TPSA) is 38.0 Å². The van der Waals surface area contributed by atoms with Gasteiger partial charge in [-0.2, -0.15) is 5.10 Å². The number of aliphatic hydroxyl groups excluding tert-OH is 1. The van der Waals surface area contributed by atoms with Gasteiger partial charge in [-0.3, -0.25) is 4.68 Å². The molecule has 4 heteroatoms. The van der Waals surface area contributed by atoms with Crippen molar-refractivity contribution < 1.29 is 5.11 Å². The molecule has 16 heavy (non-hydrogen) atoms. The van der Waals surface area contributed by atoms with Crippen LogP contribution in [0.15, 0.2) is 23.8 Å². The lowest BCUT2D eigenvalue weighted by atomic mass is 10.1. The molecule has 0 radical (unpaired) electrons. The molecule has 0 aliphatic carbocycles. The molecular weight excluding hydrogens is 220 g/mol. The maximum atomic E-state index is 10.2. The first-order valence-corrected chi connectivity index (χ1v) is 6.34. The highest BCUT2D eigenvalue weighted by molar-refractivity contribution is 7.10. The predicted octanol–water partition coefficient (Wildman–Crippen LogP) is 2.74. The van der Waals surface area contributed by atoms with Crippen LogP contribution in [0, 0.1) is 6.92 Å². The Labute approximate surface area is 99.4 Å². The third-order valence-corrected chi connectivity index (χ3v) is 3.48. The summed E-state index contributed by atoms with van der Waals surface area (Å²) in [6, 6.07) is 1.97. The van der Waals surface area contributed by atoms with Gasteiger partial charge >= 0.3 is 0 Å². The Morgan fingerprint density at radius 1 is 1.56 bits per heavy atom. The minimum Gasteiger partial charge on any atom is -0.383 e. The third kappa shape index (κ3) is 2.18. The van der Waals surface area contributed by atoms with Crippen molar-refractivity contribution in [2.45, 2.75) is 32.9 Å². The van der Waals surface area contributed by atoms with Crippen LogP contribution in [-0.4, -0.2) is 14.9 Å². The molecule has 1 N–H and O–H groups in total. The van der Waals surface area contributed by atoms with Crippen LogP contribution in [0.25, 0.3) is 0 Å². The van der Waals surface area contributed by atoms with Gasteiger partial charge in [-0.15, -0.1) is 11.3 Å². The van der Waals surface area contributed by atoms with Crippen molar-refractivity contribution in [1.29, 1.82) is 0 Å². The Morgan fingerprint density at radius 2 is 2.38 bits per heavy atom. The normalized spacial score (nSPS) is 12.9. The van der Waals surface area contributed by atoms with E-state index >= 15 is 0 Å². The molecule has 0 aliphatic heterocycles. The molecule has 2 heterocycles. The lowest BCUT2D eigenvalue weighted by Crippen LogP contribution is -1.99. The van der Waals surface area contributed by atoms with Gasteiger partial charge in [0.15, 0.2) is 0 Å². The van der Waals surface area contributed by atoms with Crippen LogP contribution in [0.3, 0.4) is 0 Å². The Hall–Kier alpha value is -1.13. The standard InChI is InChI=1S/C12H16N2OS/c1-3-5-14-8-10(7-13-14)12(15)11-4-6-16-9(11)2/h4,6-8,12,15H,3,5H2,1-2H3. The molecule has 0 spiro atoms. The fraction of sp³-hybridized carbons (Fsp3) is 0.417. The summed E-state index contributed by atoms with van der Waals surface area (Å²) in [5.74, 6) is 0. The maximum absolute atomic E-state index is 10.2. The Bertz CT molecular complexity index is 461. The van der Waals surface area contributed by atoms with Gasteiger partial charge in [0.2, 0.25) is 0 Å². The van der Waals surface area contributed by atoms with E-state index in [0.717, 1.165) is 29.0 Å². The lowest BCUT2D eigenvalue weighted by Gasteiger charge is -2.07. The summed E-state index contributed by atoms with van der Waals surface area (Å²) in [6.07, 6.45) is 4.18. The highest BCUT2D eigenvalue weighted by atomic mass is 32.1. The minimum absolute atomic E-state index is 0.545. The van der Waals surface area contributed by atoms with Crippen molar-refractivity contribution in [2.75, 3.05) is 0 Å². The second-order valence-electron chi connectivity index (χ2n) is 3.87. The van der Waals surface area contributed by atoms with Gasteiger partial charge in [-0.1, -0.05) is 6.92 Å². The summed E-state index contributed by atoms with van der Waals surface area (Å²) in [5, 5.41) is 16.4. The number of nitrogens with zero attached hydrogens (tertiary/aromatic N) is 2. The van der Waals surface area contributed by atoms with Crippen LogP contribution in [0.4, 0.5) is 0 Å². The second kappa shape index (κ2) is 4.80. The van der Waals surface area contributed by atoms with Crippen molar-refractivity contribution in [1.82, 2.24) is 9.78 Å². The van der Waals surface area contributed by atoms with Crippen molar-refractivity contribution in [3.05, 3.63) is 39.8 Å². The number of aliphatic hydroxyl groups is 1. The first-order chi connectivity index (χ1) is 7.72. The summed E-state index contributed by atoms with van der Waals surface area (Å²) in [7, 11) is 0. The van der Waals surface area contributed by atoms with E-state index in [0.29, 0.717) is 0 Å². The highest BCUT2D eigenvalue weighted by Crippen LogP contribution is 2.27. The zero-order valence-electron chi connectivity index (χ0n) is 9.55. The number of rotatable bonds is 4. The summed E-state index contributed by atoms with van der Waals surface area (Å²) in [4.78, 5) is 1.16. The van der Waals surface area contributed by atoms with Gasteiger partial charge in [0.1, 0.15) is 6.10 Å². The third-order valence-electron chi connectivity index (χ3n) is 2.62. The maximum Gasteiger partial charge on any atom is 0.108 e. The fourth-order valence-electron chi connectivity index (χ4n) is 1.73. The summed E-state index contributed by atoms with van der Waals surface area (Å²) in [6.45, 7) is 5.04. The molecule has 0 bridgehead atoms. The largest absolute Gasteiger partial charge is 0.383 e. The molecule has 2 rings (SSSR count). The van der Waals surface area contributed by atoms with Gasteiger partial charge in [-0.25, -0.2) is 0 Å². The molecule has 0 aromatic carbocycles.